The highest BCUT2D eigenvalue weighted by Crippen LogP contribution is 2.40. The van der Waals surface area contributed by atoms with Crippen LogP contribution in [0.4, 0.5) is 27.9 Å². The lowest BCUT2D eigenvalue weighted by atomic mass is 10.0. The number of likely N-dealkylation sites (N-methyl/N-ethyl adjacent to an activating group) is 1. The molecule has 0 radical (unpaired) electrons. The van der Waals surface area contributed by atoms with E-state index in [9.17, 15) is 14.4 Å². The van der Waals surface area contributed by atoms with E-state index in [4.69, 9.17) is 25.6 Å². The number of methoxy groups -OCH3 is 1. The van der Waals surface area contributed by atoms with Crippen molar-refractivity contribution in [3.63, 3.8) is 0 Å². The molecule has 1 aromatic heterocycles. The zero-order valence-electron chi connectivity index (χ0n) is 34.3. The van der Waals surface area contributed by atoms with E-state index in [1.165, 1.54) is 0 Å². The first kappa shape index (κ1) is 42.5. The number of anilines is 4. The summed E-state index contributed by atoms with van der Waals surface area (Å²) >= 11 is 0. The van der Waals surface area contributed by atoms with Crippen LogP contribution < -0.4 is 25.2 Å². The van der Waals surface area contributed by atoms with E-state index in [1.807, 2.05) is 33.8 Å². The van der Waals surface area contributed by atoms with Gasteiger partial charge in [-0.2, -0.15) is 4.98 Å². The first-order valence-electron chi connectivity index (χ1n) is 20.3. The standard InChI is InChI=1S/C42H62N8O6/c1-8-10-22-49(41(53)56-42(3,4)5)23-14-27-55-26-13-21-48-24-19-31(20-25-48)44-38(51)30-17-18-33(36(28-30)54-7)45-40-43-29-35-37(46-40)50(32-15-11-12-16-32)34(9-2)39(52)47(35)6/h1,17-18,28-29,31-32,34H,9-16,19-27H2,2-7H3,(H,44,51)(H,43,45,46)/t34-/m1/s1. The van der Waals surface area contributed by atoms with Crippen molar-refractivity contribution in [1.82, 2.24) is 25.1 Å². The molecular weight excluding hydrogens is 713 g/mol. The maximum atomic E-state index is 13.3. The van der Waals surface area contributed by atoms with Gasteiger partial charge in [-0.1, -0.05) is 19.8 Å². The maximum Gasteiger partial charge on any atom is 0.410 e. The predicted octanol–water partition coefficient (Wildman–Crippen LogP) is 5.98. The number of carbonyl (C=O) groups excluding carboxylic acids is 3. The van der Waals surface area contributed by atoms with Gasteiger partial charge in [0, 0.05) is 77.1 Å². The van der Waals surface area contributed by atoms with Crippen LogP contribution in [0, 0.1) is 12.3 Å². The molecule has 3 amide bonds. The van der Waals surface area contributed by atoms with Crippen molar-refractivity contribution < 1.29 is 28.6 Å². The van der Waals surface area contributed by atoms with Crippen molar-refractivity contribution in [1.29, 1.82) is 0 Å². The van der Waals surface area contributed by atoms with Gasteiger partial charge in [0.25, 0.3) is 5.91 Å². The Hall–Kier alpha value is -4.61. The molecule has 1 aromatic carbocycles. The summed E-state index contributed by atoms with van der Waals surface area (Å²) in [4.78, 5) is 56.6. The number of fused-ring (bicyclic) bond motifs is 1. The molecule has 306 valence electrons. The molecule has 56 heavy (non-hydrogen) atoms. The quantitative estimate of drug-likeness (QED) is 0.145. The van der Waals surface area contributed by atoms with Gasteiger partial charge in [-0.3, -0.25) is 9.59 Å². The van der Waals surface area contributed by atoms with Crippen LogP contribution in [-0.4, -0.2) is 121 Å². The van der Waals surface area contributed by atoms with E-state index in [2.05, 4.69) is 31.3 Å². The van der Waals surface area contributed by atoms with Gasteiger partial charge in [0.15, 0.2) is 5.82 Å². The lowest BCUT2D eigenvalue weighted by Gasteiger charge is -2.43. The Morgan fingerprint density at radius 3 is 2.48 bits per heavy atom. The molecule has 0 unspecified atom stereocenters. The lowest BCUT2D eigenvalue weighted by molar-refractivity contribution is -0.120. The monoisotopic (exact) mass is 774 g/mol. The van der Waals surface area contributed by atoms with E-state index in [-0.39, 0.29) is 36.0 Å². The maximum absolute atomic E-state index is 13.3. The fraction of sp³-hybridized carbons (Fsp3) is 0.643. The van der Waals surface area contributed by atoms with Crippen LogP contribution in [0.25, 0.3) is 0 Å². The van der Waals surface area contributed by atoms with E-state index < -0.39 is 5.60 Å². The fourth-order valence-electron chi connectivity index (χ4n) is 7.74. The van der Waals surface area contributed by atoms with Gasteiger partial charge >= 0.3 is 6.09 Å². The first-order valence-corrected chi connectivity index (χ1v) is 20.3. The highest BCUT2D eigenvalue weighted by Gasteiger charge is 2.41. The summed E-state index contributed by atoms with van der Waals surface area (Å²) in [7, 11) is 3.37. The molecule has 2 N–H and O–H groups in total. The molecule has 1 atom stereocenters. The number of piperidine rings is 1. The number of hydrogen-bond donors (Lipinski definition) is 2. The molecule has 14 heteroatoms. The van der Waals surface area contributed by atoms with E-state index in [1.54, 1.807) is 42.3 Å². The van der Waals surface area contributed by atoms with Gasteiger partial charge < -0.3 is 44.4 Å². The minimum Gasteiger partial charge on any atom is -0.495 e. The summed E-state index contributed by atoms with van der Waals surface area (Å²) in [6, 6.07) is 5.45. The normalized spacial score (nSPS) is 18.0. The minimum atomic E-state index is -0.554. The summed E-state index contributed by atoms with van der Waals surface area (Å²) in [6.07, 6.45) is 15.7. The number of amides is 3. The number of benzene rings is 1. The van der Waals surface area contributed by atoms with Crippen molar-refractivity contribution in [3.05, 3.63) is 30.0 Å². The third-order valence-corrected chi connectivity index (χ3v) is 10.7. The zero-order chi connectivity index (χ0) is 40.2. The van der Waals surface area contributed by atoms with Crippen molar-refractivity contribution in [3.8, 4) is 18.1 Å². The number of likely N-dealkylation sites (tertiary alicyclic amines) is 1. The SMILES string of the molecule is C#CCCN(CCCOCCCN1CCC(NC(=O)c2ccc(Nc3ncc4c(n3)N(C3CCCC3)[C@H](CC)C(=O)N4C)c(OC)c2)CC1)C(=O)OC(C)(C)C. The summed E-state index contributed by atoms with van der Waals surface area (Å²) in [5, 5.41) is 6.52. The number of nitrogens with one attached hydrogen (secondary N) is 2. The average Bonchev–Trinajstić information content (AvgIpc) is 3.71. The second-order valence-electron chi connectivity index (χ2n) is 15.9. The first-order chi connectivity index (χ1) is 26.9. The van der Waals surface area contributed by atoms with Crippen LogP contribution in [0.5, 0.6) is 5.75 Å². The highest BCUT2D eigenvalue weighted by atomic mass is 16.6. The van der Waals surface area contributed by atoms with E-state index >= 15 is 0 Å². The van der Waals surface area contributed by atoms with Gasteiger partial charge in [0.05, 0.1) is 19.0 Å². The third kappa shape index (κ3) is 11.3. The predicted molar refractivity (Wildman–Crippen MR) is 219 cm³/mol. The Kier molecular flexibility index (Phi) is 15.2. The van der Waals surface area contributed by atoms with Crippen molar-refractivity contribution >= 4 is 41.0 Å². The van der Waals surface area contributed by atoms with Crippen LogP contribution in [0.3, 0.4) is 0 Å². The molecular formula is C42H62N8O6. The highest BCUT2D eigenvalue weighted by molar-refractivity contribution is 6.04. The Bertz CT molecular complexity index is 1680. The Morgan fingerprint density at radius 2 is 1.80 bits per heavy atom. The third-order valence-electron chi connectivity index (χ3n) is 10.7. The number of nitrogens with zero attached hydrogens (tertiary/aromatic N) is 6. The van der Waals surface area contributed by atoms with Crippen molar-refractivity contribution in [2.75, 3.05) is 75.2 Å². The van der Waals surface area contributed by atoms with Crippen LogP contribution >= 0.6 is 0 Å². The van der Waals surface area contributed by atoms with Gasteiger partial charge in [-0.15, -0.1) is 12.3 Å². The van der Waals surface area contributed by atoms with Crippen LogP contribution in [-0.2, 0) is 14.3 Å². The van der Waals surface area contributed by atoms with Gasteiger partial charge in [-0.05, 0) is 83.9 Å². The van der Waals surface area contributed by atoms with Crippen molar-refractivity contribution in [2.45, 2.75) is 116 Å². The number of terminal acetylenes is 1. The van der Waals surface area contributed by atoms with E-state index in [0.29, 0.717) is 74.2 Å². The molecule has 0 spiro atoms. The second-order valence-corrected chi connectivity index (χ2v) is 15.9. The number of aromatic nitrogens is 2. The summed E-state index contributed by atoms with van der Waals surface area (Å²) in [5.74, 6) is 4.20. The smallest absolute Gasteiger partial charge is 0.410 e. The molecule has 14 nitrogen and oxygen atoms in total. The van der Waals surface area contributed by atoms with Gasteiger partial charge in [0.1, 0.15) is 23.1 Å². The fourth-order valence-corrected chi connectivity index (χ4v) is 7.74. The van der Waals surface area contributed by atoms with Gasteiger partial charge in [0.2, 0.25) is 11.9 Å². The summed E-state index contributed by atoms with van der Waals surface area (Å²) in [5.41, 5.74) is 1.31. The largest absolute Gasteiger partial charge is 0.495 e. The topological polar surface area (TPSA) is 142 Å². The summed E-state index contributed by atoms with van der Waals surface area (Å²) in [6.45, 7) is 12.6. The molecule has 2 aliphatic heterocycles. The minimum absolute atomic E-state index is 0.0746. The Labute approximate surface area is 333 Å². The number of carbonyl (C=O) groups is 3. The van der Waals surface area contributed by atoms with E-state index in [0.717, 1.165) is 70.4 Å². The Morgan fingerprint density at radius 1 is 1.07 bits per heavy atom. The average molecular weight is 775 g/mol. The van der Waals surface area contributed by atoms with Crippen LogP contribution in [0.15, 0.2) is 24.4 Å². The molecule has 0 bridgehead atoms. The molecule has 1 saturated heterocycles. The molecule has 2 aromatic rings. The van der Waals surface area contributed by atoms with Crippen molar-refractivity contribution in [2.24, 2.45) is 0 Å². The molecule has 5 rings (SSSR count). The lowest BCUT2D eigenvalue weighted by Crippen LogP contribution is -2.55. The molecule has 2 fully saturated rings. The number of ether oxygens (including phenoxy) is 3. The molecule has 3 aliphatic rings. The Balaban J connectivity index is 1.06. The number of hydrogen-bond acceptors (Lipinski definition) is 11. The zero-order valence-corrected chi connectivity index (χ0v) is 34.3. The number of rotatable bonds is 17. The van der Waals surface area contributed by atoms with Gasteiger partial charge in [-0.25, -0.2) is 9.78 Å². The summed E-state index contributed by atoms with van der Waals surface area (Å²) < 4.78 is 17.1. The second kappa shape index (κ2) is 20.0. The molecule has 3 heterocycles. The van der Waals surface area contributed by atoms with Crippen LogP contribution in [0.1, 0.15) is 102 Å². The van der Waals surface area contributed by atoms with Crippen LogP contribution in [0.2, 0.25) is 0 Å². The molecule has 1 saturated carbocycles. The molecule has 1 aliphatic carbocycles.